The molecule has 6 nitrogen and oxygen atoms in total. The summed E-state index contributed by atoms with van der Waals surface area (Å²) >= 11 is 0. The van der Waals surface area contributed by atoms with Crippen LogP contribution in [0.5, 0.6) is 0 Å². The van der Waals surface area contributed by atoms with E-state index in [0.717, 1.165) is 12.1 Å². The molecule has 5 rings (SSSR count). The summed E-state index contributed by atoms with van der Waals surface area (Å²) in [5.74, 6) is -4.18. The molecule has 2 aromatic carbocycles. The van der Waals surface area contributed by atoms with E-state index in [0.29, 0.717) is 10.5 Å². The molecule has 3 heterocycles. The summed E-state index contributed by atoms with van der Waals surface area (Å²) in [4.78, 5) is 40.8. The average molecular weight is 439 g/mol. The van der Waals surface area contributed by atoms with Crippen molar-refractivity contribution >= 4 is 29.5 Å². The molecule has 0 radical (unpaired) electrons. The number of anilines is 1. The maximum atomic E-state index is 13.6. The molecule has 2 fully saturated rings. The maximum absolute atomic E-state index is 13.6. The first-order valence-corrected chi connectivity index (χ1v) is 9.93. The lowest BCUT2D eigenvalue weighted by molar-refractivity contribution is -0.137. The molecule has 3 aliphatic heterocycles. The zero-order chi connectivity index (χ0) is 22.6. The van der Waals surface area contributed by atoms with Crippen LogP contribution >= 0.6 is 0 Å². The standard InChI is InChI=1S/C23H16F3N3O3/c24-23(25,26)14-9-4-5-10-15(14)28-21(31)17-16-11-6-12-27-29(16)19(18(17)22(28)32)20(30)13-7-2-1-3-8-13/h1-12,16-19H/t16-,17-,18-,19+/m0/s1. The van der Waals surface area contributed by atoms with E-state index in [1.54, 1.807) is 42.5 Å². The number of nitrogens with zero attached hydrogens (tertiary/aromatic N) is 3. The second kappa shape index (κ2) is 7.15. The number of benzene rings is 2. The van der Waals surface area contributed by atoms with E-state index in [2.05, 4.69) is 5.10 Å². The fourth-order valence-electron chi connectivity index (χ4n) is 4.76. The minimum Gasteiger partial charge on any atom is -0.292 e. The number of amides is 2. The van der Waals surface area contributed by atoms with Crippen LogP contribution in [0.3, 0.4) is 0 Å². The Kier molecular flexibility index (Phi) is 4.51. The molecular weight excluding hydrogens is 423 g/mol. The zero-order valence-corrected chi connectivity index (χ0v) is 16.4. The van der Waals surface area contributed by atoms with Gasteiger partial charge in [0.15, 0.2) is 5.78 Å². The number of fused-ring (bicyclic) bond motifs is 3. The van der Waals surface area contributed by atoms with Gasteiger partial charge in [-0.1, -0.05) is 48.5 Å². The Bertz CT molecular complexity index is 1180. The zero-order valence-electron chi connectivity index (χ0n) is 16.4. The molecule has 0 aliphatic carbocycles. The number of allylic oxidation sites excluding steroid dienone is 1. The summed E-state index contributed by atoms with van der Waals surface area (Å²) in [6.07, 6.45) is -0.0609. The second-order valence-electron chi connectivity index (χ2n) is 7.77. The van der Waals surface area contributed by atoms with Gasteiger partial charge in [-0.25, -0.2) is 4.90 Å². The number of hydrazone groups is 1. The summed E-state index contributed by atoms with van der Waals surface area (Å²) in [5.41, 5.74) is -1.28. The summed E-state index contributed by atoms with van der Waals surface area (Å²) in [6, 6.07) is 10.9. The van der Waals surface area contributed by atoms with Crippen molar-refractivity contribution in [2.75, 3.05) is 4.90 Å². The highest BCUT2D eigenvalue weighted by molar-refractivity contribution is 6.25. The van der Waals surface area contributed by atoms with Gasteiger partial charge in [0, 0.05) is 11.8 Å². The van der Waals surface area contributed by atoms with Gasteiger partial charge >= 0.3 is 6.18 Å². The lowest BCUT2D eigenvalue weighted by Gasteiger charge is -2.30. The van der Waals surface area contributed by atoms with Crippen LogP contribution in [0.25, 0.3) is 0 Å². The van der Waals surface area contributed by atoms with Gasteiger partial charge in [0.2, 0.25) is 11.8 Å². The third-order valence-corrected chi connectivity index (χ3v) is 6.07. The van der Waals surface area contributed by atoms with Gasteiger partial charge in [-0.3, -0.25) is 19.4 Å². The summed E-state index contributed by atoms with van der Waals surface area (Å²) < 4.78 is 40.8. The van der Waals surface area contributed by atoms with Crippen molar-refractivity contribution in [3.8, 4) is 0 Å². The van der Waals surface area contributed by atoms with Crippen LogP contribution in [-0.4, -0.2) is 40.9 Å². The highest BCUT2D eigenvalue weighted by atomic mass is 19.4. The molecule has 0 spiro atoms. The van der Waals surface area contributed by atoms with Crippen LogP contribution < -0.4 is 4.90 Å². The molecule has 32 heavy (non-hydrogen) atoms. The Labute approximate surface area is 180 Å². The molecule has 0 saturated carbocycles. The van der Waals surface area contributed by atoms with Crippen molar-refractivity contribution < 1.29 is 27.6 Å². The number of carbonyl (C=O) groups excluding carboxylic acids is 3. The number of hydrogen-bond donors (Lipinski definition) is 0. The van der Waals surface area contributed by atoms with Crippen LogP contribution in [0.2, 0.25) is 0 Å². The molecule has 9 heteroatoms. The van der Waals surface area contributed by atoms with Crippen LogP contribution in [-0.2, 0) is 15.8 Å². The van der Waals surface area contributed by atoms with E-state index in [4.69, 9.17) is 0 Å². The molecule has 2 amide bonds. The number of para-hydroxylation sites is 1. The number of imide groups is 1. The normalized spacial score (nSPS) is 26.5. The van der Waals surface area contributed by atoms with Crippen LogP contribution in [0, 0.1) is 11.8 Å². The monoisotopic (exact) mass is 439 g/mol. The van der Waals surface area contributed by atoms with Crippen LogP contribution in [0.4, 0.5) is 18.9 Å². The van der Waals surface area contributed by atoms with Crippen LogP contribution in [0.1, 0.15) is 15.9 Å². The molecule has 2 aromatic rings. The number of alkyl halides is 3. The lowest BCUT2D eigenvalue weighted by atomic mass is 9.86. The lowest BCUT2D eigenvalue weighted by Crippen LogP contribution is -2.46. The van der Waals surface area contributed by atoms with E-state index in [9.17, 15) is 27.6 Å². The van der Waals surface area contributed by atoms with Gasteiger partial charge in [-0.15, -0.1) is 0 Å². The van der Waals surface area contributed by atoms with Crippen molar-refractivity contribution in [2.24, 2.45) is 16.9 Å². The van der Waals surface area contributed by atoms with Gasteiger partial charge in [0.05, 0.1) is 29.1 Å². The minimum atomic E-state index is -4.75. The Morgan fingerprint density at radius 3 is 2.28 bits per heavy atom. The SMILES string of the molecule is O=C(c1ccccc1)[C@H]1[C@H]2C(=O)N(c3ccccc3C(F)(F)F)C(=O)[C@H]2[C@@H]2C=CC=NN21. The average Bonchev–Trinajstić information content (AvgIpc) is 3.26. The van der Waals surface area contributed by atoms with E-state index in [1.165, 1.54) is 23.4 Å². The third kappa shape index (κ3) is 2.88. The molecule has 4 atom stereocenters. The van der Waals surface area contributed by atoms with E-state index >= 15 is 0 Å². The molecule has 0 N–H and O–H groups in total. The van der Waals surface area contributed by atoms with Crippen molar-refractivity contribution in [3.63, 3.8) is 0 Å². The van der Waals surface area contributed by atoms with E-state index in [-0.39, 0.29) is 0 Å². The third-order valence-electron chi connectivity index (χ3n) is 6.07. The van der Waals surface area contributed by atoms with Crippen molar-refractivity contribution in [2.45, 2.75) is 18.3 Å². The van der Waals surface area contributed by atoms with Crippen molar-refractivity contribution in [3.05, 3.63) is 77.9 Å². The fraction of sp³-hybridized carbons (Fsp3) is 0.217. The fourth-order valence-corrected chi connectivity index (χ4v) is 4.76. The Hall–Kier alpha value is -3.75. The minimum absolute atomic E-state index is 0.330. The first-order valence-electron chi connectivity index (χ1n) is 9.93. The number of hydrogen-bond acceptors (Lipinski definition) is 5. The predicted molar refractivity (Wildman–Crippen MR) is 109 cm³/mol. The molecule has 2 saturated heterocycles. The summed E-state index contributed by atoms with van der Waals surface area (Å²) in [7, 11) is 0. The molecule has 0 bridgehead atoms. The number of carbonyl (C=O) groups is 3. The van der Waals surface area contributed by atoms with Gasteiger partial charge in [0.25, 0.3) is 0 Å². The maximum Gasteiger partial charge on any atom is 0.418 e. The van der Waals surface area contributed by atoms with Gasteiger partial charge in [-0.2, -0.15) is 18.3 Å². The first kappa shape index (κ1) is 20.2. The highest BCUT2D eigenvalue weighted by Crippen LogP contribution is 2.48. The molecule has 0 unspecified atom stereocenters. The quantitative estimate of drug-likeness (QED) is 0.544. The summed E-state index contributed by atoms with van der Waals surface area (Å²) in [6.45, 7) is 0. The van der Waals surface area contributed by atoms with Crippen molar-refractivity contribution in [1.29, 1.82) is 0 Å². The van der Waals surface area contributed by atoms with Gasteiger partial charge in [0.1, 0.15) is 6.04 Å². The Morgan fingerprint density at radius 1 is 0.906 bits per heavy atom. The first-order chi connectivity index (χ1) is 15.3. The number of rotatable bonds is 3. The van der Waals surface area contributed by atoms with Crippen molar-refractivity contribution in [1.82, 2.24) is 5.01 Å². The molecule has 162 valence electrons. The van der Waals surface area contributed by atoms with Crippen LogP contribution in [0.15, 0.2) is 71.9 Å². The largest absolute Gasteiger partial charge is 0.418 e. The smallest absolute Gasteiger partial charge is 0.292 e. The second-order valence-corrected chi connectivity index (χ2v) is 7.77. The number of Topliss-reactive ketones (excluding diaryl/α,β-unsaturated/α-hetero) is 1. The van der Waals surface area contributed by atoms with Gasteiger partial charge < -0.3 is 0 Å². The Balaban J connectivity index is 1.61. The predicted octanol–water partition coefficient (Wildman–Crippen LogP) is 3.30. The summed E-state index contributed by atoms with van der Waals surface area (Å²) in [5, 5.41) is 5.65. The highest BCUT2D eigenvalue weighted by Gasteiger charge is 2.64. The number of halogens is 3. The number of ketones is 1. The topological polar surface area (TPSA) is 70.0 Å². The molecule has 0 aromatic heterocycles. The van der Waals surface area contributed by atoms with E-state index in [1.807, 2.05) is 0 Å². The Morgan fingerprint density at radius 2 is 1.56 bits per heavy atom. The molecular formula is C23H16F3N3O3. The van der Waals surface area contributed by atoms with E-state index < -0.39 is 58.9 Å². The van der Waals surface area contributed by atoms with Gasteiger partial charge in [-0.05, 0) is 18.2 Å². The molecule has 3 aliphatic rings.